The van der Waals surface area contributed by atoms with E-state index >= 15 is 0 Å². The van der Waals surface area contributed by atoms with Crippen LogP contribution in [0.25, 0.3) is 0 Å². The molecule has 0 saturated carbocycles. The molecule has 0 saturated heterocycles. The van der Waals surface area contributed by atoms with E-state index in [0.717, 1.165) is 22.1 Å². The molecule has 2 rings (SSSR count). The summed E-state index contributed by atoms with van der Waals surface area (Å²) in [7, 11) is 9.48. The first-order valence-corrected chi connectivity index (χ1v) is 23.0. The molecule has 0 heterocycles. The highest BCUT2D eigenvalue weighted by atomic mass is 79.9. The smallest absolute Gasteiger partial charge is 0.104 e. The zero-order chi connectivity index (χ0) is 37.9. The minimum atomic E-state index is 0. The first-order valence-electron chi connectivity index (χ1n) is 23.0. The molecule has 2 nitrogen and oxygen atoms in total. The summed E-state index contributed by atoms with van der Waals surface area (Å²) in [5.41, 5.74) is 2.92. The molecule has 4 heteroatoms. The summed E-state index contributed by atoms with van der Waals surface area (Å²) in [4.78, 5) is 0. The summed E-state index contributed by atoms with van der Waals surface area (Å²) in [6, 6.07) is 21.9. The predicted molar refractivity (Wildman–Crippen MR) is 235 cm³/mol. The molecule has 0 fully saturated rings. The van der Waals surface area contributed by atoms with Crippen molar-refractivity contribution in [1.82, 2.24) is 0 Å². The molecule has 0 radical (unpaired) electrons. The molecule has 0 amide bonds. The van der Waals surface area contributed by atoms with Crippen molar-refractivity contribution in [3.63, 3.8) is 0 Å². The van der Waals surface area contributed by atoms with E-state index < -0.39 is 0 Å². The van der Waals surface area contributed by atoms with Crippen LogP contribution in [-0.4, -0.2) is 50.2 Å². The molecule has 2 aromatic rings. The maximum Gasteiger partial charge on any atom is 0.104 e. The van der Waals surface area contributed by atoms with Gasteiger partial charge in [-0.05, 0) is 25.7 Å². The molecule has 54 heavy (non-hydrogen) atoms. The first kappa shape index (κ1) is 55.2. The number of halogens is 2. The highest BCUT2D eigenvalue weighted by Crippen LogP contribution is 2.17. The lowest BCUT2D eigenvalue weighted by Crippen LogP contribution is -3.00. The van der Waals surface area contributed by atoms with Crippen molar-refractivity contribution >= 4 is 0 Å². The van der Waals surface area contributed by atoms with Gasteiger partial charge in [0.2, 0.25) is 0 Å². The predicted octanol–water partition coefficient (Wildman–Crippen LogP) is 9.50. The van der Waals surface area contributed by atoms with Crippen LogP contribution in [0.15, 0.2) is 60.7 Å². The van der Waals surface area contributed by atoms with Crippen molar-refractivity contribution in [2.24, 2.45) is 0 Å². The second kappa shape index (κ2) is 39.0. The van der Waals surface area contributed by atoms with E-state index in [1.54, 1.807) is 0 Å². The number of unbranched alkanes of at least 4 members (excludes halogenated alkanes) is 26. The fourth-order valence-corrected chi connectivity index (χ4v) is 7.78. The molecule has 316 valence electrons. The van der Waals surface area contributed by atoms with E-state index in [2.05, 4.69) is 103 Å². The Morgan fingerprint density at radius 2 is 0.519 bits per heavy atom. The molecule has 0 aliphatic heterocycles. The van der Waals surface area contributed by atoms with Gasteiger partial charge >= 0.3 is 0 Å². The van der Waals surface area contributed by atoms with Crippen LogP contribution in [0.3, 0.4) is 0 Å². The van der Waals surface area contributed by atoms with Crippen LogP contribution in [-0.2, 0) is 13.1 Å². The Balaban J connectivity index is 0. The molecule has 0 unspecified atom stereocenters. The van der Waals surface area contributed by atoms with E-state index in [1.165, 1.54) is 204 Å². The molecular formula is C50H92BrClN2. The molecule has 0 aliphatic rings. The second-order valence-corrected chi connectivity index (χ2v) is 17.8. The van der Waals surface area contributed by atoms with Gasteiger partial charge in [0.1, 0.15) is 13.1 Å². The lowest BCUT2D eigenvalue weighted by molar-refractivity contribution is -0.903. The van der Waals surface area contributed by atoms with Crippen LogP contribution in [0.4, 0.5) is 0 Å². The Bertz CT molecular complexity index is 915. The minimum absolute atomic E-state index is 0. The quantitative estimate of drug-likeness (QED) is 0.0487. The Morgan fingerprint density at radius 3 is 0.741 bits per heavy atom. The number of rotatable bonds is 34. The highest BCUT2D eigenvalue weighted by molar-refractivity contribution is 5.14. The standard InChI is InChI=1S/2C25H46N.BrH.ClH/c2*1-4-5-6-7-8-9-10-11-12-13-14-15-16-20-23-26(2,3)24-25-21-18-17-19-22-25;;/h2*17-19,21-22H,4-16,20,23-24H2,1-3H3;2*1H/q2*+1;;/p-2. The molecule has 0 aliphatic carbocycles. The highest BCUT2D eigenvalue weighted by Gasteiger charge is 2.16. The summed E-state index contributed by atoms with van der Waals surface area (Å²) in [5, 5.41) is 0. The van der Waals surface area contributed by atoms with E-state index in [0.29, 0.717) is 0 Å². The molecule has 0 bridgehead atoms. The SMILES string of the molecule is CCCCCCCCCCCCCCCC[N+](C)(C)Cc1ccccc1.CCCCCCCCCCCCCCCC[N+](C)(C)Cc1ccccc1.[Br-].[Cl-]. The van der Waals surface area contributed by atoms with Gasteiger partial charge in [-0.25, -0.2) is 0 Å². The Morgan fingerprint density at radius 1 is 0.315 bits per heavy atom. The molecule has 0 atom stereocenters. The van der Waals surface area contributed by atoms with Gasteiger partial charge in [-0.2, -0.15) is 0 Å². The van der Waals surface area contributed by atoms with Gasteiger partial charge in [0.25, 0.3) is 0 Å². The van der Waals surface area contributed by atoms with Gasteiger partial charge in [0.05, 0.1) is 41.3 Å². The molecule has 2 aromatic carbocycles. The molecule has 0 N–H and O–H groups in total. The lowest BCUT2D eigenvalue weighted by Gasteiger charge is -2.30. The van der Waals surface area contributed by atoms with Crippen LogP contribution >= 0.6 is 0 Å². The first-order chi connectivity index (χ1) is 25.3. The summed E-state index contributed by atoms with van der Waals surface area (Å²) in [5.74, 6) is 0. The minimum Gasteiger partial charge on any atom is -1.00 e. The fraction of sp³-hybridized carbons (Fsp3) is 0.760. The summed E-state index contributed by atoms with van der Waals surface area (Å²) in [6.07, 6.45) is 40.4. The van der Waals surface area contributed by atoms with Gasteiger partial charge < -0.3 is 38.4 Å². The number of quaternary nitrogens is 2. The third kappa shape index (κ3) is 36.7. The maximum absolute atomic E-state index is 2.37. The van der Waals surface area contributed by atoms with E-state index in [-0.39, 0.29) is 29.4 Å². The second-order valence-electron chi connectivity index (χ2n) is 17.8. The van der Waals surface area contributed by atoms with Gasteiger partial charge in [0.15, 0.2) is 0 Å². The summed E-state index contributed by atoms with van der Waals surface area (Å²) < 4.78 is 2.23. The van der Waals surface area contributed by atoms with E-state index in [1.807, 2.05) is 0 Å². The molecule has 0 spiro atoms. The monoisotopic (exact) mass is 835 g/mol. The summed E-state index contributed by atoms with van der Waals surface area (Å²) >= 11 is 0. The van der Waals surface area contributed by atoms with Crippen molar-refractivity contribution < 1.29 is 38.4 Å². The van der Waals surface area contributed by atoms with Crippen LogP contribution in [0.5, 0.6) is 0 Å². The van der Waals surface area contributed by atoms with E-state index in [4.69, 9.17) is 0 Å². The fourth-order valence-electron chi connectivity index (χ4n) is 7.78. The van der Waals surface area contributed by atoms with Crippen LogP contribution in [0.1, 0.15) is 205 Å². The normalized spacial score (nSPS) is 11.4. The van der Waals surface area contributed by atoms with Crippen molar-refractivity contribution in [3.05, 3.63) is 71.8 Å². The van der Waals surface area contributed by atoms with Gasteiger partial charge in [-0.15, -0.1) is 0 Å². The van der Waals surface area contributed by atoms with Crippen molar-refractivity contribution in [2.45, 2.75) is 207 Å². The number of nitrogens with zero attached hydrogens (tertiary/aromatic N) is 2. The molecule has 0 aromatic heterocycles. The number of hydrogen-bond donors (Lipinski definition) is 0. The maximum atomic E-state index is 2.37. The Labute approximate surface area is 356 Å². The zero-order valence-electron chi connectivity index (χ0n) is 37.1. The molecular weight excluding hydrogens is 744 g/mol. The third-order valence-electron chi connectivity index (χ3n) is 11.1. The average molecular weight is 837 g/mol. The third-order valence-corrected chi connectivity index (χ3v) is 11.1. The number of benzene rings is 2. The van der Waals surface area contributed by atoms with Crippen LogP contribution < -0.4 is 29.4 Å². The van der Waals surface area contributed by atoms with Crippen molar-refractivity contribution in [1.29, 1.82) is 0 Å². The Hall–Kier alpha value is -0.870. The van der Waals surface area contributed by atoms with Gasteiger partial charge in [-0.1, -0.05) is 229 Å². The Kier molecular flexibility index (Phi) is 39.9. The van der Waals surface area contributed by atoms with E-state index in [9.17, 15) is 0 Å². The average Bonchev–Trinajstić information content (AvgIpc) is 3.12. The van der Waals surface area contributed by atoms with Crippen LogP contribution in [0, 0.1) is 0 Å². The summed E-state index contributed by atoms with van der Waals surface area (Å²) in [6.45, 7) is 9.49. The topological polar surface area (TPSA) is 0 Å². The lowest BCUT2D eigenvalue weighted by atomic mass is 10.0. The largest absolute Gasteiger partial charge is 1.00 e. The number of hydrogen-bond acceptors (Lipinski definition) is 0. The van der Waals surface area contributed by atoms with Gasteiger partial charge in [-0.3, -0.25) is 0 Å². The van der Waals surface area contributed by atoms with Gasteiger partial charge in [0, 0.05) is 11.1 Å². The van der Waals surface area contributed by atoms with Crippen LogP contribution in [0.2, 0.25) is 0 Å². The zero-order valence-corrected chi connectivity index (χ0v) is 39.4. The van der Waals surface area contributed by atoms with Crippen molar-refractivity contribution in [2.75, 3.05) is 41.3 Å². The van der Waals surface area contributed by atoms with Crippen molar-refractivity contribution in [3.8, 4) is 0 Å².